The van der Waals surface area contributed by atoms with E-state index in [-0.39, 0.29) is 17.1 Å². The van der Waals surface area contributed by atoms with Crippen LogP contribution in [0, 0.1) is 6.92 Å². The van der Waals surface area contributed by atoms with Crippen molar-refractivity contribution < 1.29 is 18.7 Å². The Hall–Kier alpha value is -3.28. The van der Waals surface area contributed by atoms with Gasteiger partial charge in [-0.3, -0.25) is 9.59 Å². The van der Waals surface area contributed by atoms with Crippen molar-refractivity contribution in [3.63, 3.8) is 0 Å². The molecule has 1 aromatic heterocycles. The van der Waals surface area contributed by atoms with Crippen molar-refractivity contribution in [3.05, 3.63) is 69.1 Å². The Labute approximate surface area is 187 Å². The highest BCUT2D eigenvalue weighted by Crippen LogP contribution is 2.41. The fourth-order valence-corrected chi connectivity index (χ4v) is 4.25. The first-order chi connectivity index (χ1) is 15.5. The van der Waals surface area contributed by atoms with Crippen molar-refractivity contribution in [2.24, 2.45) is 0 Å². The lowest BCUT2D eigenvalue weighted by molar-refractivity contribution is 0.0728. The molecule has 0 aliphatic carbocycles. The molecular weight excluding hydrogens is 406 g/mol. The molecule has 2 heterocycles. The monoisotopic (exact) mass is 435 g/mol. The molecule has 0 bridgehead atoms. The molecule has 3 aromatic rings. The third kappa shape index (κ3) is 3.74. The van der Waals surface area contributed by atoms with Gasteiger partial charge in [0.1, 0.15) is 5.58 Å². The predicted octanol–water partition coefficient (Wildman–Crippen LogP) is 5.24. The molecule has 1 atom stereocenters. The number of hydrogen-bond acceptors (Lipinski definition) is 5. The molecule has 0 saturated carbocycles. The van der Waals surface area contributed by atoms with Gasteiger partial charge in [0.05, 0.1) is 30.7 Å². The summed E-state index contributed by atoms with van der Waals surface area (Å²) >= 11 is 0. The summed E-state index contributed by atoms with van der Waals surface area (Å²) in [6, 6.07) is 10.5. The van der Waals surface area contributed by atoms with Crippen molar-refractivity contribution in [1.82, 2.24) is 4.90 Å². The number of methoxy groups -OCH3 is 1. The zero-order valence-corrected chi connectivity index (χ0v) is 19.1. The Bertz CT molecular complexity index is 1210. The molecule has 0 spiro atoms. The van der Waals surface area contributed by atoms with E-state index in [2.05, 4.69) is 6.92 Å². The Morgan fingerprint density at radius 3 is 2.56 bits per heavy atom. The van der Waals surface area contributed by atoms with Gasteiger partial charge in [0.15, 0.2) is 16.9 Å². The van der Waals surface area contributed by atoms with Gasteiger partial charge >= 0.3 is 0 Å². The summed E-state index contributed by atoms with van der Waals surface area (Å²) in [4.78, 5) is 28.5. The van der Waals surface area contributed by atoms with Crippen LogP contribution < -0.4 is 14.9 Å². The van der Waals surface area contributed by atoms with Crippen LogP contribution in [0.4, 0.5) is 0 Å². The van der Waals surface area contributed by atoms with E-state index in [1.54, 1.807) is 18.1 Å². The molecule has 0 N–H and O–H groups in total. The van der Waals surface area contributed by atoms with Gasteiger partial charge in [-0.25, -0.2) is 0 Å². The number of carbonyl (C=O) groups excluding carboxylic acids is 1. The molecule has 0 saturated heterocycles. The summed E-state index contributed by atoms with van der Waals surface area (Å²) in [5.41, 5.74) is 2.42. The van der Waals surface area contributed by atoms with Crippen LogP contribution in [-0.2, 0) is 0 Å². The Morgan fingerprint density at radius 2 is 1.84 bits per heavy atom. The fraction of sp³-hybridized carbons (Fsp3) is 0.385. The summed E-state index contributed by atoms with van der Waals surface area (Å²) in [6.45, 7) is 7.17. The second-order valence-electron chi connectivity index (χ2n) is 8.19. The molecular formula is C26H29NO5. The van der Waals surface area contributed by atoms with Gasteiger partial charge in [0.2, 0.25) is 5.76 Å². The van der Waals surface area contributed by atoms with Crippen LogP contribution >= 0.6 is 0 Å². The third-order valence-corrected chi connectivity index (χ3v) is 5.84. The average Bonchev–Trinajstić information content (AvgIpc) is 3.07. The maximum Gasteiger partial charge on any atom is 0.290 e. The van der Waals surface area contributed by atoms with Gasteiger partial charge in [-0.2, -0.15) is 0 Å². The van der Waals surface area contributed by atoms with Gasteiger partial charge in [0, 0.05) is 6.54 Å². The molecule has 4 rings (SSSR count). The number of benzene rings is 2. The number of rotatable bonds is 8. The number of nitrogens with zero attached hydrogens (tertiary/aromatic N) is 1. The molecule has 0 fully saturated rings. The number of aryl methyl sites for hydroxylation is 1. The largest absolute Gasteiger partial charge is 0.493 e. The lowest BCUT2D eigenvalue weighted by atomic mass is 9.97. The predicted molar refractivity (Wildman–Crippen MR) is 124 cm³/mol. The molecule has 1 aliphatic heterocycles. The molecule has 0 unspecified atom stereocenters. The molecule has 0 radical (unpaired) electrons. The Balaban J connectivity index is 1.86. The van der Waals surface area contributed by atoms with Gasteiger partial charge in [-0.15, -0.1) is 0 Å². The van der Waals surface area contributed by atoms with Crippen LogP contribution in [0.3, 0.4) is 0 Å². The third-order valence-electron chi connectivity index (χ3n) is 5.84. The minimum absolute atomic E-state index is 0.132. The summed E-state index contributed by atoms with van der Waals surface area (Å²) < 4.78 is 17.4. The van der Waals surface area contributed by atoms with E-state index in [1.165, 1.54) is 0 Å². The van der Waals surface area contributed by atoms with E-state index in [0.29, 0.717) is 41.2 Å². The zero-order chi connectivity index (χ0) is 22.8. The first-order valence-corrected chi connectivity index (χ1v) is 11.2. The second-order valence-corrected chi connectivity index (χ2v) is 8.19. The molecule has 6 heteroatoms. The van der Waals surface area contributed by atoms with E-state index in [4.69, 9.17) is 13.9 Å². The molecule has 1 amide bonds. The maximum absolute atomic E-state index is 13.6. The minimum Gasteiger partial charge on any atom is -0.493 e. The summed E-state index contributed by atoms with van der Waals surface area (Å²) in [5, 5.41) is 0.492. The highest BCUT2D eigenvalue weighted by Gasteiger charge is 2.42. The second kappa shape index (κ2) is 9.07. The summed E-state index contributed by atoms with van der Waals surface area (Å²) in [6.07, 6.45) is 2.75. The van der Waals surface area contributed by atoms with E-state index in [0.717, 1.165) is 30.4 Å². The van der Waals surface area contributed by atoms with Gasteiger partial charge in [0.25, 0.3) is 5.91 Å². The molecule has 2 aromatic carbocycles. The number of carbonyl (C=O) groups is 1. The van der Waals surface area contributed by atoms with Gasteiger partial charge in [-0.1, -0.05) is 38.0 Å². The van der Waals surface area contributed by atoms with Gasteiger partial charge < -0.3 is 18.8 Å². The first-order valence-electron chi connectivity index (χ1n) is 11.2. The summed E-state index contributed by atoms with van der Waals surface area (Å²) in [5.74, 6) is 1.11. The van der Waals surface area contributed by atoms with Crippen molar-refractivity contribution in [3.8, 4) is 11.5 Å². The normalized spacial score (nSPS) is 15.3. The molecule has 32 heavy (non-hydrogen) atoms. The smallest absolute Gasteiger partial charge is 0.290 e. The Morgan fingerprint density at radius 1 is 1.03 bits per heavy atom. The number of ether oxygens (including phenoxy) is 2. The maximum atomic E-state index is 13.6. The highest BCUT2D eigenvalue weighted by atomic mass is 16.5. The van der Waals surface area contributed by atoms with E-state index in [1.807, 2.05) is 44.2 Å². The highest BCUT2D eigenvalue weighted by molar-refractivity contribution is 5.99. The summed E-state index contributed by atoms with van der Waals surface area (Å²) in [7, 11) is 1.59. The minimum atomic E-state index is -0.530. The van der Waals surface area contributed by atoms with Gasteiger partial charge in [-0.05, 0) is 49.6 Å². The Kier molecular flexibility index (Phi) is 6.21. The van der Waals surface area contributed by atoms with Crippen molar-refractivity contribution in [2.45, 2.75) is 46.1 Å². The van der Waals surface area contributed by atoms with Crippen LogP contribution in [-0.4, -0.2) is 31.1 Å². The van der Waals surface area contributed by atoms with E-state index < -0.39 is 6.04 Å². The zero-order valence-electron chi connectivity index (χ0n) is 19.1. The van der Waals surface area contributed by atoms with Crippen molar-refractivity contribution >= 4 is 16.9 Å². The first kappa shape index (κ1) is 21.9. The number of amides is 1. The number of fused-ring (bicyclic) bond motifs is 2. The fourth-order valence-electron chi connectivity index (χ4n) is 4.25. The molecule has 1 aliphatic rings. The van der Waals surface area contributed by atoms with Crippen molar-refractivity contribution in [1.29, 1.82) is 0 Å². The standard InChI is InChI=1S/C26H29NO5/c1-5-7-13-31-20-11-9-17(15-21(20)30-4)23-22-24(28)18-14-16(3)8-10-19(18)32-25(22)26(29)27(23)12-6-2/h8-11,14-15,23H,5-7,12-13H2,1-4H3/t23-/m0/s1. The number of unbranched alkanes of at least 4 members (excludes halogenated alkanes) is 1. The lowest BCUT2D eigenvalue weighted by Gasteiger charge is -2.25. The van der Waals surface area contributed by atoms with Crippen LogP contribution in [0.15, 0.2) is 45.6 Å². The average molecular weight is 436 g/mol. The van der Waals surface area contributed by atoms with Crippen LogP contribution in [0.1, 0.15) is 66.4 Å². The SMILES string of the molecule is CCCCOc1ccc([C@H]2c3c(oc4ccc(C)cc4c3=O)C(=O)N2CCC)cc1OC. The number of hydrogen-bond donors (Lipinski definition) is 0. The van der Waals surface area contributed by atoms with E-state index >= 15 is 0 Å². The molecule has 168 valence electrons. The molecule has 6 nitrogen and oxygen atoms in total. The topological polar surface area (TPSA) is 69.0 Å². The quantitative estimate of drug-likeness (QED) is 0.452. The van der Waals surface area contributed by atoms with Crippen LogP contribution in [0.25, 0.3) is 11.0 Å². The lowest BCUT2D eigenvalue weighted by Crippen LogP contribution is -2.30. The van der Waals surface area contributed by atoms with Crippen molar-refractivity contribution in [2.75, 3.05) is 20.3 Å². The van der Waals surface area contributed by atoms with E-state index in [9.17, 15) is 9.59 Å². The van der Waals surface area contributed by atoms with Crippen LogP contribution in [0.5, 0.6) is 11.5 Å². The van der Waals surface area contributed by atoms with Crippen LogP contribution in [0.2, 0.25) is 0 Å².